The van der Waals surface area contributed by atoms with Gasteiger partial charge in [0.05, 0.1) is 12.3 Å². The lowest BCUT2D eigenvalue weighted by Crippen LogP contribution is -2.33. The van der Waals surface area contributed by atoms with E-state index in [1.807, 2.05) is 35.0 Å². The number of rotatable bonds is 5. The average molecular weight is 355 g/mol. The number of carbonyl (C=O) groups excluding carboxylic acids is 2. The predicted molar refractivity (Wildman–Crippen MR) is 98.4 cm³/mol. The minimum atomic E-state index is -0.406. The molecule has 0 radical (unpaired) electrons. The summed E-state index contributed by atoms with van der Waals surface area (Å²) in [4.78, 5) is 26.1. The van der Waals surface area contributed by atoms with Gasteiger partial charge in [0, 0.05) is 18.3 Å². The number of amides is 1. The highest BCUT2D eigenvalue weighted by Gasteiger charge is 2.27. The topological polar surface area (TPSA) is 64.4 Å². The molecule has 0 fully saturated rings. The van der Waals surface area contributed by atoms with Crippen molar-refractivity contribution in [2.45, 2.75) is 39.0 Å². The largest absolute Gasteiger partial charge is 0.465 e. The van der Waals surface area contributed by atoms with Gasteiger partial charge in [-0.25, -0.2) is 4.68 Å². The number of benzene rings is 1. The van der Waals surface area contributed by atoms with E-state index in [-0.39, 0.29) is 12.5 Å². The fraction of sp³-hybridized carbons (Fsp3) is 0.450. The summed E-state index contributed by atoms with van der Waals surface area (Å²) in [6, 6.07) is 9.89. The van der Waals surface area contributed by atoms with Crippen LogP contribution < -0.4 is 0 Å². The Morgan fingerprint density at radius 1 is 1.15 bits per heavy atom. The first-order valence-corrected chi connectivity index (χ1v) is 9.19. The summed E-state index contributed by atoms with van der Waals surface area (Å²) in [5, 5.41) is 4.65. The van der Waals surface area contributed by atoms with Crippen molar-refractivity contribution in [1.29, 1.82) is 0 Å². The molecule has 0 N–H and O–H groups in total. The van der Waals surface area contributed by atoms with E-state index in [9.17, 15) is 9.59 Å². The van der Waals surface area contributed by atoms with E-state index in [1.54, 1.807) is 14.0 Å². The van der Waals surface area contributed by atoms with Crippen molar-refractivity contribution in [2.24, 2.45) is 0 Å². The van der Waals surface area contributed by atoms with Gasteiger partial charge in [0.2, 0.25) is 0 Å². The van der Waals surface area contributed by atoms with Gasteiger partial charge in [-0.1, -0.05) is 24.6 Å². The van der Waals surface area contributed by atoms with Crippen molar-refractivity contribution in [1.82, 2.24) is 14.7 Å². The summed E-state index contributed by atoms with van der Waals surface area (Å²) < 4.78 is 6.84. The molecule has 1 aromatic heterocycles. The van der Waals surface area contributed by atoms with Gasteiger partial charge >= 0.3 is 5.97 Å². The summed E-state index contributed by atoms with van der Waals surface area (Å²) in [7, 11) is 1.61. The summed E-state index contributed by atoms with van der Waals surface area (Å²) in [5.74, 6) is -0.636. The Hall–Kier alpha value is -2.63. The molecule has 1 aromatic carbocycles. The zero-order chi connectivity index (χ0) is 18.5. The second-order valence-electron chi connectivity index (χ2n) is 6.55. The molecular formula is C20H25N3O3. The molecule has 0 unspecified atom stereocenters. The van der Waals surface area contributed by atoms with Crippen LogP contribution in [0.3, 0.4) is 0 Å². The Labute approximate surface area is 153 Å². The van der Waals surface area contributed by atoms with Crippen LogP contribution in [0.1, 0.15) is 47.9 Å². The highest BCUT2D eigenvalue weighted by molar-refractivity contribution is 5.95. The molecular weight excluding hydrogens is 330 g/mol. The standard InChI is InChI=1S/C20H25N3O3/c1-3-26-18(24)14-22(2)20(25)19-16-12-8-5-9-13-17(16)23(21-19)15-10-6-4-7-11-15/h4,6-7,10-11H,3,5,8-9,12-14H2,1-2H3. The van der Waals surface area contributed by atoms with Crippen molar-refractivity contribution in [2.75, 3.05) is 20.2 Å². The number of ether oxygens (including phenoxy) is 1. The van der Waals surface area contributed by atoms with Gasteiger partial charge in [-0.05, 0) is 44.7 Å². The molecule has 2 aromatic rings. The number of fused-ring (bicyclic) bond motifs is 1. The second kappa shape index (κ2) is 8.17. The number of likely N-dealkylation sites (N-methyl/N-ethyl adjacent to an activating group) is 1. The molecule has 0 saturated carbocycles. The van der Waals surface area contributed by atoms with Gasteiger partial charge in [-0.3, -0.25) is 9.59 Å². The minimum absolute atomic E-state index is 0.0698. The van der Waals surface area contributed by atoms with Gasteiger partial charge in [0.1, 0.15) is 6.54 Å². The third-order valence-electron chi connectivity index (χ3n) is 4.65. The quantitative estimate of drug-likeness (QED) is 0.611. The zero-order valence-corrected chi connectivity index (χ0v) is 15.4. The van der Waals surface area contributed by atoms with Crippen LogP contribution in [0, 0.1) is 0 Å². The van der Waals surface area contributed by atoms with Crippen molar-refractivity contribution >= 4 is 11.9 Å². The molecule has 3 rings (SSSR count). The molecule has 1 heterocycles. The Morgan fingerprint density at radius 3 is 2.62 bits per heavy atom. The lowest BCUT2D eigenvalue weighted by Gasteiger charge is -2.15. The lowest BCUT2D eigenvalue weighted by molar-refractivity contribution is -0.143. The van der Waals surface area contributed by atoms with E-state index < -0.39 is 5.97 Å². The molecule has 26 heavy (non-hydrogen) atoms. The van der Waals surface area contributed by atoms with Crippen LogP contribution in [-0.2, 0) is 22.4 Å². The number of nitrogens with zero attached hydrogens (tertiary/aromatic N) is 3. The predicted octanol–water partition coefficient (Wildman–Crippen LogP) is 2.78. The Kier molecular flexibility index (Phi) is 5.71. The number of hydrogen-bond donors (Lipinski definition) is 0. The molecule has 1 aliphatic carbocycles. The summed E-state index contributed by atoms with van der Waals surface area (Å²) >= 11 is 0. The van der Waals surface area contributed by atoms with Gasteiger partial charge in [0.25, 0.3) is 5.91 Å². The van der Waals surface area contributed by atoms with Crippen LogP contribution in [0.25, 0.3) is 5.69 Å². The normalized spacial score (nSPS) is 13.6. The van der Waals surface area contributed by atoms with E-state index in [4.69, 9.17) is 4.74 Å². The van der Waals surface area contributed by atoms with Crippen molar-refractivity contribution in [3.8, 4) is 5.69 Å². The van der Waals surface area contributed by atoms with E-state index in [0.29, 0.717) is 12.3 Å². The summed E-state index contributed by atoms with van der Waals surface area (Å²) in [5.41, 5.74) is 3.55. The maximum absolute atomic E-state index is 13.0. The lowest BCUT2D eigenvalue weighted by atomic mass is 10.1. The van der Waals surface area contributed by atoms with E-state index >= 15 is 0 Å². The van der Waals surface area contributed by atoms with Gasteiger partial charge in [-0.2, -0.15) is 5.10 Å². The van der Waals surface area contributed by atoms with E-state index in [2.05, 4.69) is 5.10 Å². The molecule has 0 saturated heterocycles. The van der Waals surface area contributed by atoms with Crippen LogP contribution in [0.2, 0.25) is 0 Å². The third-order valence-corrected chi connectivity index (χ3v) is 4.65. The maximum atomic E-state index is 13.0. The van der Waals surface area contributed by atoms with Crippen LogP contribution >= 0.6 is 0 Å². The highest BCUT2D eigenvalue weighted by Crippen LogP contribution is 2.27. The van der Waals surface area contributed by atoms with E-state index in [0.717, 1.165) is 49.0 Å². The van der Waals surface area contributed by atoms with Crippen LogP contribution in [0.15, 0.2) is 30.3 Å². The number of esters is 1. The smallest absolute Gasteiger partial charge is 0.325 e. The molecule has 0 bridgehead atoms. The Bertz CT molecular complexity index is 783. The molecule has 6 heteroatoms. The average Bonchev–Trinajstić information content (AvgIpc) is 2.83. The van der Waals surface area contributed by atoms with Crippen molar-refractivity contribution < 1.29 is 14.3 Å². The monoisotopic (exact) mass is 355 g/mol. The fourth-order valence-electron chi connectivity index (χ4n) is 3.38. The first-order chi connectivity index (χ1) is 12.6. The Morgan fingerprint density at radius 2 is 1.88 bits per heavy atom. The second-order valence-corrected chi connectivity index (χ2v) is 6.55. The first-order valence-electron chi connectivity index (χ1n) is 9.19. The van der Waals surface area contributed by atoms with Crippen LogP contribution in [0.4, 0.5) is 0 Å². The summed E-state index contributed by atoms with van der Waals surface area (Å²) in [6.45, 7) is 1.99. The minimum Gasteiger partial charge on any atom is -0.465 e. The molecule has 0 spiro atoms. The third kappa shape index (κ3) is 3.79. The van der Waals surface area contributed by atoms with Gasteiger partial charge in [0.15, 0.2) is 5.69 Å². The van der Waals surface area contributed by atoms with Crippen molar-refractivity contribution in [3.05, 3.63) is 47.3 Å². The number of aromatic nitrogens is 2. The number of hydrogen-bond acceptors (Lipinski definition) is 4. The van der Waals surface area contributed by atoms with Crippen LogP contribution in [0.5, 0.6) is 0 Å². The zero-order valence-electron chi connectivity index (χ0n) is 15.4. The van der Waals surface area contributed by atoms with E-state index in [1.165, 1.54) is 4.90 Å². The molecule has 6 nitrogen and oxygen atoms in total. The molecule has 138 valence electrons. The van der Waals surface area contributed by atoms with Gasteiger partial charge in [-0.15, -0.1) is 0 Å². The van der Waals surface area contributed by atoms with Gasteiger partial charge < -0.3 is 9.64 Å². The summed E-state index contributed by atoms with van der Waals surface area (Å²) in [6.07, 6.45) is 5.05. The van der Waals surface area contributed by atoms with Crippen molar-refractivity contribution in [3.63, 3.8) is 0 Å². The van der Waals surface area contributed by atoms with Crippen LogP contribution in [-0.4, -0.2) is 46.8 Å². The molecule has 0 aliphatic heterocycles. The highest BCUT2D eigenvalue weighted by atomic mass is 16.5. The first kappa shape index (κ1) is 18.2. The molecule has 1 aliphatic rings. The molecule has 1 amide bonds. The Balaban J connectivity index is 1.95. The maximum Gasteiger partial charge on any atom is 0.325 e. The fourth-order valence-corrected chi connectivity index (χ4v) is 3.38. The number of carbonyl (C=O) groups is 2. The number of para-hydroxylation sites is 1. The SMILES string of the molecule is CCOC(=O)CN(C)C(=O)c1nn(-c2ccccc2)c2c1CCCCC2. The molecule has 0 atom stereocenters.